The molecule has 4 aromatic rings. The highest BCUT2D eigenvalue weighted by atomic mass is 16.1. The Kier molecular flexibility index (Phi) is 3.68. The van der Waals surface area contributed by atoms with E-state index in [0.717, 1.165) is 54.0 Å². The molecule has 0 spiro atoms. The number of hydrogen-bond acceptors (Lipinski definition) is 5. The molecule has 1 saturated heterocycles. The van der Waals surface area contributed by atoms with E-state index in [9.17, 15) is 4.79 Å². The second kappa shape index (κ2) is 6.21. The second-order valence-electron chi connectivity index (χ2n) is 6.90. The Bertz CT molecular complexity index is 1200. The highest BCUT2D eigenvalue weighted by Crippen LogP contribution is 2.21. The van der Waals surface area contributed by atoms with E-state index in [-0.39, 0.29) is 5.56 Å². The number of hydrogen-bond donors (Lipinski definition) is 1. The first-order chi connectivity index (χ1) is 13.2. The largest absolute Gasteiger partial charge is 0.369 e. The standard InChI is InChI=1S/C20H20N6O/c1-24-12-14-10-16(3-5-18(14)23-24)26-13-22-19-11-15(2-4-17(19)20(26)27)25-8-6-21-7-9-25/h2-5,10-13,21H,6-9H2,1H3. The molecule has 0 aliphatic carbocycles. The van der Waals surface area contributed by atoms with Crippen LogP contribution in [0.1, 0.15) is 0 Å². The van der Waals surface area contributed by atoms with Gasteiger partial charge in [-0.05, 0) is 36.4 Å². The van der Waals surface area contributed by atoms with Crippen LogP contribution in [-0.2, 0) is 7.05 Å². The number of nitrogens with one attached hydrogen (secondary N) is 1. The van der Waals surface area contributed by atoms with Gasteiger partial charge in [0.1, 0.15) is 6.33 Å². The van der Waals surface area contributed by atoms with Gasteiger partial charge in [-0.25, -0.2) is 4.98 Å². The van der Waals surface area contributed by atoms with Gasteiger partial charge in [0.05, 0.1) is 22.1 Å². The topological polar surface area (TPSA) is 68.0 Å². The van der Waals surface area contributed by atoms with E-state index in [1.165, 1.54) is 0 Å². The first-order valence-electron chi connectivity index (χ1n) is 9.10. The fourth-order valence-electron chi connectivity index (χ4n) is 3.70. The SMILES string of the molecule is Cn1cc2cc(-n3cnc4cc(N5CCNCC5)ccc4c3=O)ccc2n1. The molecule has 0 bridgehead atoms. The second-order valence-corrected chi connectivity index (χ2v) is 6.90. The normalized spacial score (nSPS) is 14.9. The minimum atomic E-state index is -0.0601. The van der Waals surface area contributed by atoms with Gasteiger partial charge in [-0.3, -0.25) is 14.0 Å². The maximum absolute atomic E-state index is 13.0. The van der Waals surface area contributed by atoms with E-state index < -0.39 is 0 Å². The van der Waals surface area contributed by atoms with Crippen molar-refractivity contribution in [3.05, 3.63) is 59.3 Å². The van der Waals surface area contributed by atoms with Crippen molar-refractivity contribution in [2.45, 2.75) is 0 Å². The Morgan fingerprint density at radius 2 is 1.81 bits per heavy atom. The lowest BCUT2D eigenvalue weighted by atomic mass is 10.2. The van der Waals surface area contributed by atoms with Crippen molar-refractivity contribution in [3.63, 3.8) is 0 Å². The molecular weight excluding hydrogens is 340 g/mol. The zero-order valence-electron chi connectivity index (χ0n) is 15.1. The van der Waals surface area contributed by atoms with Crippen LogP contribution in [0, 0.1) is 0 Å². The number of aryl methyl sites for hydroxylation is 1. The van der Waals surface area contributed by atoms with Gasteiger partial charge >= 0.3 is 0 Å². The summed E-state index contributed by atoms with van der Waals surface area (Å²) in [6.45, 7) is 3.88. The van der Waals surface area contributed by atoms with Crippen molar-refractivity contribution in [3.8, 4) is 5.69 Å². The lowest BCUT2D eigenvalue weighted by Crippen LogP contribution is -2.43. The first kappa shape index (κ1) is 16.0. The van der Waals surface area contributed by atoms with Crippen molar-refractivity contribution in [1.29, 1.82) is 0 Å². The Morgan fingerprint density at radius 3 is 2.67 bits per heavy atom. The first-order valence-corrected chi connectivity index (χ1v) is 9.10. The highest BCUT2D eigenvalue weighted by molar-refractivity contribution is 5.83. The van der Waals surface area contributed by atoms with Gasteiger partial charge in [0.2, 0.25) is 0 Å². The van der Waals surface area contributed by atoms with Crippen LogP contribution < -0.4 is 15.8 Å². The summed E-state index contributed by atoms with van der Waals surface area (Å²) in [6.07, 6.45) is 3.56. The number of piperazine rings is 1. The van der Waals surface area contributed by atoms with E-state index in [4.69, 9.17) is 0 Å². The summed E-state index contributed by atoms with van der Waals surface area (Å²) in [4.78, 5) is 19.9. The summed E-state index contributed by atoms with van der Waals surface area (Å²) < 4.78 is 3.37. The van der Waals surface area contributed by atoms with E-state index in [1.54, 1.807) is 15.6 Å². The molecule has 1 aliphatic heterocycles. The summed E-state index contributed by atoms with van der Waals surface area (Å²) in [5, 5.41) is 9.36. The van der Waals surface area contributed by atoms with Crippen LogP contribution in [0.5, 0.6) is 0 Å². The molecule has 0 radical (unpaired) electrons. The summed E-state index contributed by atoms with van der Waals surface area (Å²) in [7, 11) is 1.89. The zero-order chi connectivity index (χ0) is 18.4. The summed E-state index contributed by atoms with van der Waals surface area (Å²) in [5.74, 6) is 0. The number of nitrogens with zero attached hydrogens (tertiary/aromatic N) is 5. The lowest BCUT2D eigenvalue weighted by Gasteiger charge is -2.29. The van der Waals surface area contributed by atoms with Crippen molar-refractivity contribution in [1.82, 2.24) is 24.6 Å². The molecule has 1 N–H and O–H groups in total. The third kappa shape index (κ3) is 2.76. The molecule has 1 aliphatic rings. The predicted octanol–water partition coefficient (Wildman–Crippen LogP) is 1.68. The van der Waals surface area contributed by atoms with Crippen LogP contribution in [0.3, 0.4) is 0 Å². The number of benzene rings is 2. The molecule has 1 fully saturated rings. The van der Waals surface area contributed by atoms with Crippen LogP contribution in [0.4, 0.5) is 5.69 Å². The van der Waals surface area contributed by atoms with Gasteiger partial charge in [-0.1, -0.05) is 0 Å². The van der Waals surface area contributed by atoms with Crippen LogP contribution >= 0.6 is 0 Å². The van der Waals surface area contributed by atoms with Crippen molar-refractivity contribution in [2.75, 3.05) is 31.1 Å². The minimum absolute atomic E-state index is 0.0601. The van der Waals surface area contributed by atoms with Gasteiger partial charge < -0.3 is 10.2 Å². The Balaban J connectivity index is 1.58. The van der Waals surface area contributed by atoms with E-state index >= 15 is 0 Å². The minimum Gasteiger partial charge on any atom is -0.369 e. The van der Waals surface area contributed by atoms with Crippen LogP contribution in [0.15, 0.2) is 53.7 Å². The van der Waals surface area contributed by atoms with Gasteiger partial charge in [0, 0.05) is 50.5 Å². The quantitative estimate of drug-likeness (QED) is 0.589. The Hall–Kier alpha value is -3.19. The number of rotatable bonds is 2. The molecular formula is C20H20N6O. The molecule has 136 valence electrons. The van der Waals surface area contributed by atoms with Gasteiger partial charge in [0.15, 0.2) is 0 Å². The Morgan fingerprint density at radius 1 is 1.00 bits per heavy atom. The lowest BCUT2D eigenvalue weighted by molar-refractivity contribution is 0.589. The third-order valence-corrected chi connectivity index (χ3v) is 5.11. The van der Waals surface area contributed by atoms with Crippen molar-refractivity contribution >= 4 is 27.5 Å². The summed E-state index contributed by atoms with van der Waals surface area (Å²) >= 11 is 0. The number of anilines is 1. The van der Waals surface area contributed by atoms with Crippen LogP contribution in [0.2, 0.25) is 0 Å². The van der Waals surface area contributed by atoms with Gasteiger partial charge in [0.25, 0.3) is 5.56 Å². The maximum atomic E-state index is 13.0. The monoisotopic (exact) mass is 360 g/mol. The Labute approximate surface area is 155 Å². The number of aromatic nitrogens is 4. The molecule has 2 aromatic heterocycles. The smallest absolute Gasteiger partial charge is 0.265 e. The van der Waals surface area contributed by atoms with Crippen molar-refractivity contribution < 1.29 is 0 Å². The predicted molar refractivity (Wildman–Crippen MR) is 107 cm³/mol. The molecule has 27 heavy (non-hydrogen) atoms. The highest BCUT2D eigenvalue weighted by Gasteiger charge is 2.13. The third-order valence-electron chi connectivity index (χ3n) is 5.11. The summed E-state index contributed by atoms with van der Waals surface area (Å²) in [6, 6.07) is 11.7. The van der Waals surface area contributed by atoms with Gasteiger partial charge in [-0.15, -0.1) is 0 Å². The van der Waals surface area contributed by atoms with Crippen LogP contribution in [0.25, 0.3) is 27.5 Å². The van der Waals surface area contributed by atoms with Crippen LogP contribution in [-0.4, -0.2) is 45.5 Å². The average molecular weight is 360 g/mol. The molecule has 0 atom stereocenters. The number of fused-ring (bicyclic) bond motifs is 2. The molecule has 7 nitrogen and oxygen atoms in total. The van der Waals surface area contributed by atoms with Gasteiger partial charge in [-0.2, -0.15) is 5.10 Å². The van der Waals surface area contributed by atoms with E-state index in [0.29, 0.717) is 5.39 Å². The van der Waals surface area contributed by atoms with E-state index in [2.05, 4.69) is 20.3 Å². The zero-order valence-corrected chi connectivity index (χ0v) is 15.1. The summed E-state index contributed by atoms with van der Waals surface area (Å²) in [5.41, 5.74) is 3.49. The molecule has 0 amide bonds. The van der Waals surface area contributed by atoms with Crippen molar-refractivity contribution in [2.24, 2.45) is 7.05 Å². The molecule has 2 aromatic carbocycles. The average Bonchev–Trinajstić information content (AvgIpc) is 3.08. The fraction of sp³-hybridized carbons (Fsp3) is 0.250. The molecule has 3 heterocycles. The molecule has 0 unspecified atom stereocenters. The molecule has 7 heteroatoms. The maximum Gasteiger partial charge on any atom is 0.265 e. The van der Waals surface area contributed by atoms with E-state index in [1.807, 2.05) is 49.6 Å². The fourth-order valence-corrected chi connectivity index (χ4v) is 3.70. The molecule has 5 rings (SSSR count). The molecule has 0 saturated carbocycles.